The molecule has 1 amide bonds. The maximum absolute atomic E-state index is 12.4. The monoisotopic (exact) mass is 370 g/mol. The van der Waals surface area contributed by atoms with E-state index in [4.69, 9.17) is 9.15 Å². The average Bonchev–Trinajstić information content (AvgIpc) is 3.23. The zero-order valence-corrected chi connectivity index (χ0v) is 16.3. The summed E-state index contributed by atoms with van der Waals surface area (Å²) >= 11 is 0. The first-order valence-corrected chi connectivity index (χ1v) is 9.83. The highest BCUT2D eigenvalue weighted by atomic mass is 16.5. The van der Waals surface area contributed by atoms with Crippen LogP contribution in [-0.4, -0.2) is 37.6 Å². The van der Waals surface area contributed by atoms with Gasteiger partial charge in [-0.15, -0.1) is 0 Å². The van der Waals surface area contributed by atoms with Crippen LogP contribution in [0.25, 0.3) is 0 Å². The number of carbonyl (C=O) groups excluding carboxylic acids is 1. The number of amides is 1. The van der Waals surface area contributed by atoms with Gasteiger partial charge in [0.2, 0.25) is 5.91 Å². The van der Waals surface area contributed by atoms with Crippen LogP contribution in [0, 0.1) is 5.92 Å². The van der Waals surface area contributed by atoms with Crippen molar-refractivity contribution in [1.82, 2.24) is 10.2 Å². The molecule has 1 N–H and O–H groups in total. The Balaban J connectivity index is 1.51. The van der Waals surface area contributed by atoms with Crippen LogP contribution in [-0.2, 0) is 11.2 Å². The lowest BCUT2D eigenvalue weighted by atomic mass is 9.97. The van der Waals surface area contributed by atoms with E-state index in [0.717, 1.165) is 42.5 Å². The molecule has 1 aliphatic heterocycles. The molecule has 5 nitrogen and oxygen atoms in total. The molecule has 1 unspecified atom stereocenters. The van der Waals surface area contributed by atoms with E-state index < -0.39 is 0 Å². The summed E-state index contributed by atoms with van der Waals surface area (Å²) in [7, 11) is 1.65. The Kier molecular flexibility index (Phi) is 6.93. The van der Waals surface area contributed by atoms with Crippen LogP contribution >= 0.6 is 0 Å². The highest BCUT2D eigenvalue weighted by Crippen LogP contribution is 2.26. The van der Waals surface area contributed by atoms with Crippen LogP contribution in [0.3, 0.4) is 0 Å². The molecular weight excluding hydrogens is 340 g/mol. The Bertz CT molecular complexity index is 689. The number of rotatable bonds is 8. The summed E-state index contributed by atoms with van der Waals surface area (Å²) in [4.78, 5) is 14.8. The second-order valence-electron chi connectivity index (χ2n) is 7.40. The quantitative estimate of drug-likeness (QED) is 0.768. The molecule has 0 spiro atoms. The van der Waals surface area contributed by atoms with E-state index >= 15 is 0 Å². The van der Waals surface area contributed by atoms with Gasteiger partial charge in [-0.25, -0.2) is 0 Å². The summed E-state index contributed by atoms with van der Waals surface area (Å²) in [5, 5.41) is 3.11. The van der Waals surface area contributed by atoms with Crippen molar-refractivity contribution in [3.63, 3.8) is 0 Å². The first-order valence-electron chi connectivity index (χ1n) is 9.83. The molecule has 1 fully saturated rings. The van der Waals surface area contributed by atoms with E-state index in [1.54, 1.807) is 13.4 Å². The highest BCUT2D eigenvalue weighted by molar-refractivity contribution is 5.76. The molecule has 5 heteroatoms. The van der Waals surface area contributed by atoms with Crippen molar-refractivity contribution >= 4 is 5.91 Å². The molecule has 1 aliphatic rings. The van der Waals surface area contributed by atoms with Crippen molar-refractivity contribution in [3.05, 3.63) is 54.0 Å². The summed E-state index contributed by atoms with van der Waals surface area (Å²) in [6.45, 7) is 4.99. The Morgan fingerprint density at radius 1 is 1.26 bits per heavy atom. The first-order chi connectivity index (χ1) is 13.2. The van der Waals surface area contributed by atoms with E-state index in [-0.39, 0.29) is 11.9 Å². The predicted molar refractivity (Wildman–Crippen MR) is 106 cm³/mol. The molecule has 1 saturated heterocycles. The Labute approximate surface area is 161 Å². The van der Waals surface area contributed by atoms with Crippen LogP contribution in [0.4, 0.5) is 0 Å². The molecule has 3 rings (SSSR count). The van der Waals surface area contributed by atoms with Crippen LogP contribution in [0.1, 0.15) is 43.6 Å². The molecule has 0 saturated carbocycles. The third-order valence-corrected chi connectivity index (χ3v) is 5.42. The number of methoxy groups -OCH3 is 1. The number of benzene rings is 1. The standard InChI is InChI=1S/C22H30N2O3/c1-17-11-13-24(14-12-17)20(21-4-3-15-27-21)16-23-22(25)10-7-18-5-8-19(26-2)9-6-18/h3-6,8-9,15,17,20H,7,10-14,16H2,1-2H3,(H,23,25). The topological polar surface area (TPSA) is 54.7 Å². The van der Waals surface area contributed by atoms with Gasteiger partial charge in [-0.1, -0.05) is 19.1 Å². The molecule has 2 heterocycles. The molecule has 1 aromatic carbocycles. The molecular formula is C22H30N2O3. The van der Waals surface area contributed by atoms with Gasteiger partial charge >= 0.3 is 0 Å². The molecule has 1 aromatic heterocycles. The van der Waals surface area contributed by atoms with Crippen LogP contribution in [0.15, 0.2) is 47.1 Å². The fourth-order valence-electron chi connectivity index (χ4n) is 3.58. The number of likely N-dealkylation sites (tertiary alicyclic amines) is 1. The summed E-state index contributed by atoms with van der Waals surface area (Å²) in [6, 6.07) is 11.9. The number of ether oxygens (including phenoxy) is 1. The summed E-state index contributed by atoms with van der Waals surface area (Å²) in [6.07, 6.45) is 5.31. The Morgan fingerprint density at radius 2 is 2.00 bits per heavy atom. The number of piperidine rings is 1. The number of nitrogens with zero attached hydrogens (tertiary/aromatic N) is 1. The lowest BCUT2D eigenvalue weighted by Crippen LogP contribution is -2.41. The van der Waals surface area contributed by atoms with Crippen LogP contribution in [0.2, 0.25) is 0 Å². The predicted octanol–water partition coefficient (Wildman–Crippen LogP) is 3.81. The number of hydrogen-bond acceptors (Lipinski definition) is 4. The zero-order valence-electron chi connectivity index (χ0n) is 16.3. The maximum atomic E-state index is 12.4. The van der Waals surface area contributed by atoms with E-state index in [1.165, 1.54) is 12.8 Å². The Hall–Kier alpha value is -2.27. The van der Waals surface area contributed by atoms with E-state index in [2.05, 4.69) is 17.1 Å². The van der Waals surface area contributed by atoms with Gasteiger partial charge < -0.3 is 14.5 Å². The van der Waals surface area contributed by atoms with Gasteiger partial charge in [0.15, 0.2) is 0 Å². The van der Waals surface area contributed by atoms with Gasteiger partial charge in [0.1, 0.15) is 11.5 Å². The molecule has 146 valence electrons. The Morgan fingerprint density at radius 3 is 2.63 bits per heavy atom. The van der Waals surface area contributed by atoms with Crippen molar-refractivity contribution in [2.75, 3.05) is 26.7 Å². The van der Waals surface area contributed by atoms with Crippen molar-refractivity contribution in [1.29, 1.82) is 0 Å². The average molecular weight is 370 g/mol. The highest BCUT2D eigenvalue weighted by Gasteiger charge is 2.26. The number of hydrogen-bond donors (Lipinski definition) is 1. The molecule has 0 aliphatic carbocycles. The SMILES string of the molecule is COc1ccc(CCC(=O)NCC(c2ccco2)N2CCC(C)CC2)cc1. The lowest BCUT2D eigenvalue weighted by molar-refractivity contribution is -0.121. The molecule has 0 radical (unpaired) electrons. The summed E-state index contributed by atoms with van der Waals surface area (Å²) < 4.78 is 10.8. The van der Waals surface area contributed by atoms with E-state index in [9.17, 15) is 4.79 Å². The third-order valence-electron chi connectivity index (χ3n) is 5.42. The van der Waals surface area contributed by atoms with Gasteiger partial charge in [-0.2, -0.15) is 0 Å². The van der Waals surface area contributed by atoms with Crippen molar-refractivity contribution < 1.29 is 13.9 Å². The minimum atomic E-state index is 0.0766. The molecule has 0 bridgehead atoms. The number of furan rings is 1. The largest absolute Gasteiger partial charge is 0.497 e. The van der Waals surface area contributed by atoms with Crippen LogP contribution in [0.5, 0.6) is 5.75 Å². The lowest BCUT2D eigenvalue weighted by Gasteiger charge is -2.35. The first kappa shape index (κ1) is 19.5. The molecule has 1 atom stereocenters. The zero-order chi connectivity index (χ0) is 19.1. The van der Waals surface area contributed by atoms with Gasteiger partial charge in [0.05, 0.1) is 19.4 Å². The van der Waals surface area contributed by atoms with Crippen LogP contribution < -0.4 is 10.1 Å². The summed E-state index contributed by atoms with van der Waals surface area (Å²) in [5.41, 5.74) is 1.14. The number of carbonyl (C=O) groups is 1. The second kappa shape index (κ2) is 9.60. The van der Waals surface area contributed by atoms with Gasteiger partial charge in [-0.05, 0) is 68.1 Å². The number of nitrogens with one attached hydrogen (secondary N) is 1. The molecule has 2 aromatic rings. The fraction of sp³-hybridized carbons (Fsp3) is 0.500. The van der Waals surface area contributed by atoms with Gasteiger partial charge in [-0.3, -0.25) is 9.69 Å². The maximum Gasteiger partial charge on any atom is 0.220 e. The normalized spacial score (nSPS) is 16.8. The summed E-state index contributed by atoms with van der Waals surface area (Å²) in [5.74, 6) is 2.62. The third kappa shape index (κ3) is 5.60. The molecule has 27 heavy (non-hydrogen) atoms. The fourth-order valence-corrected chi connectivity index (χ4v) is 3.58. The second-order valence-corrected chi connectivity index (χ2v) is 7.40. The van der Waals surface area contributed by atoms with E-state index in [0.29, 0.717) is 13.0 Å². The minimum absolute atomic E-state index is 0.0766. The van der Waals surface area contributed by atoms with Gasteiger partial charge in [0, 0.05) is 13.0 Å². The number of aryl methyl sites for hydroxylation is 1. The minimum Gasteiger partial charge on any atom is -0.497 e. The smallest absolute Gasteiger partial charge is 0.220 e. The van der Waals surface area contributed by atoms with Crippen molar-refractivity contribution in [3.8, 4) is 5.75 Å². The van der Waals surface area contributed by atoms with Crippen molar-refractivity contribution in [2.24, 2.45) is 5.92 Å². The van der Waals surface area contributed by atoms with E-state index in [1.807, 2.05) is 36.4 Å². The van der Waals surface area contributed by atoms with Gasteiger partial charge in [0.25, 0.3) is 0 Å². The van der Waals surface area contributed by atoms with Crippen molar-refractivity contribution in [2.45, 2.75) is 38.6 Å².